The van der Waals surface area contributed by atoms with Crippen LogP contribution in [-0.4, -0.2) is 172 Å². The molecule has 2 amide bonds. The van der Waals surface area contributed by atoms with E-state index in [1.807, 2.05) is 0 Å². The number of Topliss-reactive ketones (excluding diaryl/α,β-unsaturated/α-hetero) is 1. The van der Waals surface area contributed by atoms with Gasteiger partial charge >= 0.3 is 24.3 Å². The molecule has 4 atom stereocenters. The van der Waals surface area contributed by atoms with Gasteiger partial charge in [-0.3, -0.25) is 0 Å². The van der Waals surface area contributed by atoms with Crippen LogP contribution in [0.1, 0.15) is 85.5 Å². The van der Waals surface area contributed by atoms with E-state index >= 15 is 4.39 Å². The first-order chi connectivity index (χ1) is 29.0. The number of alkyl halides is 6. The number of aromatic hydroxyl groups is 4. The Bertz CT molecular complexity index is 2210. The Balaban J connectivity index is 2.72. The SMILES string of the molecule is CC(=O)CCC(C)(O)C(O)(O)N(C1C(O)(O)C(O)(O)N(C(=O)N(C)C(C)c2c(O)c(C(F)(F)F)c(O)c(C(F)(F)F)c2O)C(O)(c2c(C)c(C)c(F)c(C)c2O)C1(O)O)C(O)(O)C(C)(O)O. The second-order valence-corrected chi connectivity index (χ2v) is 16.3. The van der Waals surface area contributed by atoms with E-state index in [4.69, 9.17) is 0 Å². The zero-order valence-electron chi connectivity index (χ0n) is 35.4. The number of nitrogens with zero attached hydrogens (tertiary/aromatic N) is 3. The lowest BCUT2D eigenvalue weighted by atomic mass is 9.72. The third kappa shape index (κ3) is 8.00. The molecule has 1 saturated heterocycles. The van der Waals surface area contributed by atoms with Crippen molar-refractivity contribution < 1.29 is 132 Å². The molecule has 4 unspecified atom stereocenters. The van der Waals surface area contributed by atoms with E-state index in [0.717, 1.165) is 13.8 Å². The minimum atomic E-state index is -6.13. The largest absolute Gasteiger partial charge is 0.507 e. The van der Waals surface area contributed by atoms with Gasteiger partial charge in [-0.2, -0.15) is 31.2 Å². The van der Waals surface area contributed by atoms with E-state index in [-0.39, 0.29) is 20.9 Å². The number of likely N-dealkylation sites (tertiary alicyclic amines) is 1. The number of urea groups is 1. The van der Waals surface area contributed by atoms with Gasteiger partial charge in [-0.15, -0.1) is 0 Å². The van der Waals surface area contributed by atoms with Crippen LogP contribution in [0.4, 0.5) is 35.5 Å². The molecule has 0 saturated carbocycles. The number of phenolic OH excluding ortho intramolecular Hbond substituents is 4. The van der Waals surface area contributed by atoms with Gasteiger partial charge in [0.15, 0.2) is 0 Å². The summed E-state index contributed by atoms with van der Waals surface area (Å²) in [6.07, 6.45) is -14.6. The maximum atomic E-state index is 15.4. The number of hydrogen-bond acceptors (Lipinski definition) is 21. The molecule has 1 heterocycles. The molecule has 2 aromatic carbocycles. The summed E-state index contributed by atoms with van der Waals surface area (Å²) < 4.78 is 99.9. The third-order valence-corrected chi connectivity index (χ3v) is 11.7. The molecule has 2 aromatic rings. The van der Waals surface area contributed by atoms with Crippen molar-refractivity contribution in [2.75, 3.05) is 7.05 Å². The average Bonchev–Trinajstić information content (AvgIpc) is 3.11. The zero-order chi connectivity index (χ0) is 52.4. The van der Waals surface area contributed by atoms with Crippen molar-refractivity contribution in [1.29, 1.82) is 0 Å². The van der Waals surface area contributed by atoms with Crippen molar-refractivity contribution in [3.05, 3.63) is 44.8 Å². The highest BCUT2D eigenvalue weighted by Gasteiger charge is 2.85. The second-order valence-electron chi connectivity index (χ2n) is 16.3. The Kier molecular flexibility index (Phi) is 13.8. The summed E-state index contributed by atoms with van der Waals surface area (Å²) in [5, 5.41) is 205. The van der Waals surface area contributed by atoms with Crippen molar-refractivity contribution >= 4 is 11.8 Å². The number of carbonyl (C=O) groups is 2. The summed E-state index contributed by atoms with van der Waals surface area (Å²) in [7, 11) is 0.184. The molecule has 66 heavy (non-hydrogen) atoms. The molecule has 376 valence electrons. The van der Waals surface area contributed by atoms with Crippen molar-refractivity contribution in [3.63, 3.8) is 0 Å². The van der Waals surface area contributed by atoms with Crippen LogP contribution in [0.5, 0.6) is 23.0 Å². The van der Waals surface area contributed by atoms with Gasteiger partial charge in [-0.1, -0.05) is 0 Å². The van der Waals surface area contributed by atoms with Gasteiger partial charge < -0.3 is 102 Å². The molecule has 18 N–H and O–H groups in total. The minimum Gasteiger partial charge on any atom is -0.507 e. The van der Waals surface area contributed by atoms with E-state index in [0.29, 0.717) is 20.8 Å². The number of ketones is 1. The molecule has 1 aliphatic heterocycles. The molecule has 30 heteroatoms. The molecule has 1 fully saturated rings. The fourth-order valence-electron chi connectivity index (χ4n) is 7.50. The van der Waals surface area contributed by atoms with E-state index < -0.39 is 178 Å². The lowest BCUT2D eigenvalue weighted by molar-refractivity contribution is -0.569. The number of carbonyl (C=O) groups excluding carboxylic acids is 2. The van der Waals surface area contributed by atoms with Crippen LogP contribution in [-0.2, 0) is 22.9 Å². The summed E-state index contributed by atoms with van der Waals surface area (Å²) in [5.41, 5.74) is -21.5. The monoisotopic (exact) mass is 975 g/mol. The summed E-state index contributed by atoms with van der Waals surface area (Å²) in [6.45, 7) is 3.36. The average molecular weight is 976 g/mol. The number of piperidine rings is 1. The third-order valence-electron chi connectivity index (χ3n) is 11.7. The predicted octanol–water partition coefficient (Wildman–Crippen LogP) is -2.35. The maximum Gasteiger partial charge on any atom is 0.423 e. The first-order valence-corrected chi connectivity index (χ1v) is 18.5. The lowest BCUT2D eigenvalue weighted by Crippen LogP contribution is -2.94. The van der Waals surface area contributed by atoms with Crippen molar-refractivity contribution in [3.8, 4) is 23.0 Å². The number of halogens is 7. The van der Waals surface area contributed by atoms with Crippen LogP contribution in [0.2, 0.25) is 0 Å². The highest BCUT2D eigenvalue weighted by molar-refractivity contribution is 5.79. The number of benzene rings is 2. The summed E-state index contributed by atoms with van der Waals surface area (Å²) in [5.74, 6) is -43.3. The fraction of sp³-hybridized carbons (Fsp3) is 0.611. The van der Waals surface area contributed by atoms with Gasteiger partial charge in [-0.25, -0.2) is 14.1 Å². The Morgan fingerprint density at radius 1 is 0.697 bits per heavy atom. The van der Waals surface area contributed by atoms with Crippen LogP contribution in [0, 0.1) is 26.6 Å². The molecule has 3 rings (SSSR count). The van der Waals surface area contributed by atoms with Crippen molar-refractivity contribution in [2.24, 2.45) is 0 Å². The molecular weight excluding hydrogens is 927 g/mol. The van der Waals surface area contributed by atoms with Crippen LogP contribution < -0.4 is 0 Å². The Morgan fingerprint density at radius 3 is 1.50 bits per heavy atom. The highest BCUT2D eigenvalue weighted by atomic mass is 19.4. The quantitative estimate of drug-likeness (QED) is 0.0828. The number of rotatable bonds is 11. The molecule has 0 aromatic heterocycles. The zero-order valence-corrected chi connectivity index (χ0v) is 35.4. The van der Waals surface area contributed by atoms with Crippen LogP contribution in [0.25, 0.3) is 0 Å². The Hall–Kier alpha value is -4.51. The van der Waals surface area contributed by atoms with Gasteiger partial charge in [-0.05, 0) is 66.0 Å². The molecule has 0 bridgehead atoms. The second kappa shape index (κ2) is 16.3. The van der Waals surface area contributed by atoms with Crippen LogP contribution in [0.15, 0.2) is 0 Å². The van der Waals surface area contributed by atoms with Gasteiger partial charge in [0.25, 0.3) is 17.6 Å². The maximum absolute atomic E-state index is 15.4. The first kappa shape index (κ1) is 55.8. The van der Waals surface area contributed by atoms with Crippen molar-refractivity contribution in [2.45, 2.75) is 132 Å². The normalized spacial score (nSPS) is 21.7. The minimum absolute atomic E-state index is 0.0925. The first-order valence-electron chi connectivity index (χ1n) is 18.5. The summed E-state index contributed by atoms with van der Waals surface area (Å²) in [6, 6.07) is -10.3. The molecule has 0 spiro atoms. The van der Waals surface area contributed by atoms with Gasteiger partial charge in [0, 0.05) is 19.0 Å². The van der Waals surface area contributed by atoms with Crippen LogP contribution >= 0.6 is 0 Å². The van der Waals surface area contributed by atoms with E-state index in [1.54, 1.807) is 0 Å². The van der Waals surface area contributed by atoms with E-state index in [1.165, 1.54) is 0 Å². The number of amides is 2. The number of aliphatic hydroxyl groups is 14. The lowest BCUT2D eigenvalue weighted by Gasteiger charge is -2.66. The highest BCUT2D eigenvalue weighted by Crippen LogP contribution is 2.59. The number of hydrogen-bond donors (Lipinski definition) is 18. The molecule has 23 nitrogen and oxygen atoms in total. The summed E-state index contributed by atoms with van der Waals surface area (Å²) >= 11 is 0. The van der Waals surface area contributed by atoms with Gasteiger partial charge in [0.1, 0.15) is 57.4 Å². The Morgan fingerprint density at radius 2 is 1.12 bits per heavy atom. The Labute approximate surface area is 365 Å². The molecule has 0 aliphatic carbocycles. The number of phenols is 4. The van der Waals surface area contributed by atoms with Gasteiger partial charge in [0.05, 0.1) is 17.2 Å². The molecule has 0 radical (unpaired) electrons. The summed E-state index contributed by atoms with van der Waals surface area (Å²) in [4.78, 5) is 23.2. The fourth-order valence-corrected chi connectivity index (χ4v) is 7.50. The van der Waals surface area contributed by atoms with Crippen molar-refractivity contribution in [1.82, 2.24) is 14.7 Å². The van der Waals surface area contributed by atoms with E-state index in [2.05, 4.69) is 0 Å². The standard InChI is InChI=1S/C36H48F7N3O20/c1-11(47)9-10-27(6,53)34(61,62)45(35(63,64)28(7,54)55)25-30(57,58)29(56,17-12(2)13(3)20(37)14(4)21(17)48)46(36(65,66)31(25,59)60)26(52)44(8)15(5)16-22(49)18(32(38,39)40)24(51)19(23(16)50)33(41,42)43/h15,25,48-51,53-66H,9-10H2,1-8H3. The van der Waals surface area contributed by atoms with E-state index in [9.17, 15) is 128 Å². The molecule has 1 aliphatic rings. The predicted molar refractivity (Wildman–Crippen MR) is 196 cm³/mol. The smallest absolute Gasteiger partial charge is 0.423 e. The molecular formula is C36H48F7N3O20. The van der Waals surface area contributed by atoms with Crippen LogP contribution in [0.3, 0.4) is 0 Å². The topological polar surface area (TPSA) is 408 Å². The van der Waals surface area contributed by atoms with Gasteiger partial charge in [0.2, 0.25) is 17.3 Å².